The van der Waals surface area contributed by atoms with Gasteiger partial charge in [0.25, 0.3) is 0 Å². The van der Waals surface area contributed by atoms with Gasteiger partial charge in [0, 0.05) is 16.8 Å². The zero-order valence-corrected chi connectivity index (χ0v) is 9.96. The maximum atomic E-state index is 9.39. The molecule has 2 atom stereocenters. The minimum absolute atomic E-state index is 0.0845. The van der Waals surface area contributed by atoms with Crippen molar-refractivity contribution >= 4 is 11.3 Å². The van der Waals surface area contributed by atoms with Gasteiger partial charge in [-0.25, -0.2) is 0 Å². The Labute approximate surface area is 99.7 Å². The van der Waals surface area contributed by atoms with E-state index in [-0.39, 0.29) is 6.10 Å². The molecular weight excluding hydrogens is 220 g/mol. The molecule has 2 unspecified atom stereocenters. The van der Waals surface area contributed by atoms with Gasteiger partial charge in [0.15, 0.2) is 0 Å². The molecule has 0 radical (unpaired) electrons. The molecule has 0 bridgehead atoms. The van der Waals surface area contributed by atoms with Gasteiger partial charge in [-0.1, -0.05) is 0 Å². The molecule has 4 heteroatoms. The zero-order chi connectivity index (χ0) is 11.4. The third-order valence-corrected chi connectivity index (χ3v) is 3.97. The lowest BCUT2D eigenvalue weighted by Crippen LogP contribution is -2.20. The van der Waals surface area contributed by atoms with Gasteiger partial charge in [-0.2, -0.15) is 5.26 Å². The van der Waals surface area contributed by atoms with Crippen LogP contribution in [0.3, 0.4) is 0 Å². The minimum Gasteiger partial charge on any atom is -0.393 e. The summed E-state index contributed by atoms with van der Waals surface area (Å²) in [5.74, 6) is 0.616. The third kappa shape index (κ3) is 3.05. The van der Waals surface area contributed by atoms with Crippen LogP contribution in [0.15, 0.2) is 11.4 Å². The molecule has 0 aliphatic heterocycles. The van der Waals surface area contributed by atoms with Gasteiger partial charge in [-0.05, 0) is 37.8 Å². The second kappa shape index (κ2) is 5.44. The van der Waals surface area contributed by atoms with Crippen molar-refractivity contribution < 1.29 is 5.11 Å². The highest BCUT2D eigenvalue weighted by atomic mass is 32.1. The van der Waals surface area contributed by atoms with Crippen molar-refractivity contribution in [3.8, 4) is 6.07 Å². The standard InChI is InChI=1S/C12H16N2OS/c13-5-10-4-12(16-8-10)7-14-6-9-1-2-11(15)3-9/h4,8-9,11,14-15H,1-3,6-7H2. The summed E-state index contributed by atoms with van der Waals surface area (Å²) in [6.45, 7) is 1.80. The molecule has 1 aromatic heterocycles. The van der Waals surface area contributed by atoms with E-state index in [1.54, 1.807) is 11.3 Å². The predicted octanol–water partition coefficient (Wildman–Crippen LogP) is 1.87. The first kappa shape index (κ1) is 11.6. The topological polar surface area (TPSA) is 56.0 Å². The normalized spacial score (nSPS) is 24.5. The summed E-state index contributed by atoms with van der Waals surface area (Å²) in [4.78, 5) is 1.20. The molecule has 0 spiro atoms. The van der Waals surface area contributed by atoms with Crippen molar-refractivity contribution in [1.82, 2.24) is 5.32 Å². The summed E-state index contributed by atoms with van der Waals surface area (Å²) in [5.41, 5.74) is 0.748. The van der Waals surface area contributed by atoms with Gasteiger partial charge in [0.1, 0.15) is 6.07 Å². The lowest BCUT2D eigenvalue weighted by atomic mass is 10.1. The molecule has 0 saturated heterocycles. The Hall–Kier alpha value is -0.890. The Kier molecular flexibility index (Phi) is 3.94. The molecule has 16 heavy (non-hydrogen) atoms. The van der Waals surface area contributed by atoms with E-state index in [0.29, 0.717) is 5.92 Å². The number of aliphatic hydroxyl groups is 1. The van der Waals surface area contributed by atoms with Crippen molar-refractivity contribution in [3.63, 3.8) is 0 Å². The van der Waals surface area contributed by atoms with E-state index >= 15 is 0 Å². The number of aliphatic hydroxyl groups excluding tert-OH is 1. The quantitative estimate of drug-likeness (QED) is 0.839. The van der Waals surface area contributed by atoms with Crippen LogP contribution in [0.5, 0.6) is 0 Å². The summed E-state index contributed by atoms with van der Waals surface area (Å²) in [6, 6.07) is 4.07. The van der Waals surface area contributed by atoms with Crippen molar-refractivity contribution in [2.75, 3.05) is 6.54 Å². The van der Waals surface area contributed by atoms with E-state index in [9.17, 15) is 5.11 Å². The summed E-state index contributed by atoms with van der Waals surface area (Å²) in [7, 11) is 0. The van der Waals surface area contributed by atoms with Crippen LogP contribution in [0.4, 0.5) is 0 Å². The van der Waals surface area contributed by atoms with E-state index in [1.807, 2.05) is 11.4 Å². The number of hydrogen-bond acceptors (Lipinski definition) is 4. The number of nitriles is 1. The van der Waals surface area contributed by atoms with Crippen LogP contribution in [0.25, 0.3) is 0 Å². The number of nitrogens with zero attached hydrogens (tertiary/aromatic N) is 1. The number of hydrogen-bond donors (Lipinski definition) is 2. The fourth-order valence-corrected chi connectivity index (χ4v) is 2.94. The monoisotopic (exact) mass is 236 g/mol. The average Bonchev–Trinajstić information content (AvgIpc) is 2.88. The molecule has 2 rings (SSSR count). The molecule has 1 aliphatic carbocycles. The largest absolute Gasteiger partial charge is 0.393 e. The van der Waals surface area contributed by atoms with E-state index in [2.05, 4.69) is 11.4 Å². The highest BCUT2D eigenvalue weighted by molar-refractivity contribution is 7.10. The molecule has 2 N–H and O–H groups in total. The smallest absolute Gasteiger partial charge is 0.100 e. The Morgan fingerprint density at radius 3 is 3.06 bits per heavy atom. The molecule has 1 heterocycles. The van der Waals surface area contributed by atoms with Crippen LogP contribution in [-0.4, -0.2) is 17.8 Å². The Morgan fingerprint density at radius 2 is 2.44 bits per heavy atom. The molecule has 0 aromatic carbocycles. The highest BCUT2D eigenvalue weighted by Crippen LogP contribution is 2.24. The van der Waals surface area contributed by atoms with Crippen LogP contribution in [0.2, 0.25) is 0 Å². The molecule has 3 nitrogen and oxygen atoms in total. The summed E-state index contributed by atoms with van der Waals surface area (Å²) < 4.78 is 0. The Balaban J connectivity index is 1.70. The third-order valence-electron chi connectivity index (χ3n) is 3.03. The van der Waals surface area contributed by atoms with Gasteiger partial charge in [-0.15, -0.1) is 11.3 Å². The van der Waals surface area contributed by atoms with E-state index < -0.39 is 0 Å². The van der Waals surface area contributed by atoms with Gasteiger partial charge < -0.3 is 10.4 Å². The van der Waals surface area contributed by atoms with Gasteiger partial charge in [-0.3, -0.25) is 0 Å². The molecule has 1 fully saturated rings. The first-order valence-electron chi connectivity index (χ1n) is 5.64. The maximum Gasteiger partial charge on any atom is 0.100 e. The van der Waals surface area contributed by atoms with Crippen LogP contribution < -0.4 is 5.32 Å². The molecule has 1 aliphatic rings. The lowest BCUT2D eigenvalue weighted by Gasteiger charge is -2.09. The Morgan fingerprint density at radius 1 is 1.56 bits per heavy atom. The van der Waals surface area contributed by atoms with Crippen LogP contribution in [0, 0.1) is 17.2 Å². The SMILES string of the molecule is N#Cc1csc(CNCC2CCC(O)C2)c1. The van der Waals surface area contributed by atoms with Gasteiger partial charge >= 0.3 is 0 Å². The second-order valence-electron chi connectivity index (χ2n) is 4.38. The van der Waals surface area contributed by atoms with Gasteiger partial charge in [0.05, 0.1) is 11.7 Å². The first-order chi connectivity index (χ1) is 7.78. The molecular formula is C12H16N2OS. The van der Waals surface area contributed by atoms with Crippen molar-refractivity contribution in [3.05, 3.63) is 21.9 Å². The van der Waals surface area contributed by atoms with Crippen LogP contribution in [0.1, 0.15) is 29.7 Å². The van der Waals surface area contributed by atoms with Crippen LogP contribution in [-0.2, 0) is 6.54 Å². The summed E-state index contributed by atoms with van der Waals surface area (Å²) in [6.07, 6.45) is 2.92. The number of thiophene rings is 1. The maximum absolute atomic E-state index is 9.39. The van der Waals surface area contributed by atoms with E-state index in [1.165, 1.54) is 4.88 Å². The molecule has 0 amide bonds. The summed E-state index contributed by atoms with van der Waals surface area (Å²) in [5, 5.41) is 23.4. The number of nitrogens with one attached hydrogen (secondary N) is 1. The second-order valence-corrected chi connectivity index (χ2v) is 5.37. The summed E-state index contributed by atoms with van der Waals surface area (Å²) >= 11 is 1.62. The molecule has 1 saturated carbocycles. The number of rotatable bonds is 4. The molecule has 1 aromatic rings. The van der Waals surface area contributed by atoms with Crippen molar-refractivity contribution in [2.45, 2.75) is 31.9 Å². The van der Waals surface area contributed by atoms with E-state index in [4.69, 9.17) is 5.26 Å². The Bertz CT molecular complexity index is 383. The minimum atomic E-state index is -0.0845. The predicted molar refractivity (Wildman–Crippen MR) is 64.1 cm³/mol. The van der Waals surface area contributed by atoms with Gasteiger partial charge in [0.2, 0.25) is 0 Å². The van der Waals surface area contributed by atoms with Crippen molar-refractivity contribution in [1.29, 1.82) is 5.26 Å². The lowest BCUT2D eigenvalue weighted by molar-refractivity contribution is 0.177. The van der Waals surface area contributed by atoms with E-state index in [0.717, 1.165) is 37.9 Å². The fourth-order valence-electron chi connectivity index (χ4n) is 2.17. The zero-order valence-electron chi connectivity index (χ0n) is 9.15. The fraction of sp³-hybridized carbons (Fsp3) is 0.583. The highest BCUT2D eigenvalue weighted by Gasteiger charge is 2.21. The average molecular weight is 236 g/mol. The van der Waals surface area contributed by atoms with Crippen LogP contribution >= 0.6 is 11.3 Å². The first-order valence-corrected chi connectivity index (χ1v) is 6.52. The molecule has 86 valence electrons. The van der Waals surface area contributed by atoms with Crippen molar-refractivity contribution in [2.24, 2.45) is 5.92 Å².